The van der Waals surface area contributed by atoms with Crippen molar-refractivity contribution in [1.82, 2.24) is 0 Å². The fourth-order valence-electron chi connectivity index (χ4n) is 5.30. The van der Waals surface area contributed by atoms with E-state index in [4.69, 9.17) is 0 Å². The summed E-state index contributed by atoms with van der Waals surface area (Å²) in [5.74, 6) is -5.40. The molecule has 2 unspecified atom stereocenters. The summed E-state index contributed by atoms with van der Waals surface area (Å²) in [6.45, 7) is 4.01. The Hall–Kier alpha value is -1.58. The van der Waals surface area contributed by atoms with Crippen LogP contribution >= 0.6 is 0 Å². The van der Waals surface area contributed by atoms with Gasteiger partial charge >= 0.3 is 0 Å². The monoisotopic (exact) mass is 422 g/mol. The highest BCUT2D eigenvalue weighted by Crippen LogP contribution is 2.48. The van der Waals surface area contributed by atoms with Gasteiger partial charge in [-0.25, -0.2) is 17.6 Å². The van der Waals surface area contributed by atoms with Crippen LogP contribution in [0, 0.1) is 29.4 Å². The van der Waals surface area contributed by atoms with Crippen LogP contribution in [0.15, 0.2) is 30.4 Å². The average molecular weight is 423 g/mol. The van der Waals surface area contributed by atoms with Crippen LogP contribution in [0.1, 0.15) is 88.7 Å². The number of alkyl halides is 2. The second-order valence-corrected chi connectivity index (χ2v) is 9.18. The summed E-state index contributed by atoms with van der Waals surface area (Å²) < 4.78 is 58.9. The summed E-state index contributed by atoms with van der Waals surface area (Å²) in [5.41, 5.74) is -0.0220. The second kappa shape index (κ2) is 10.2. The van der Waals surface area contributed by atoms with Gasteiger partial charge in [0.05, 0.1) is 5.92 Å². The SMILES string of the molecule is C/C=C/C1CCC(/C=C/c2ccc(C3CCC(CCC)CC3(F)F)c(F)c2F)CC1. The number of allylic oxidation sites excluding steroid dienone is 3. The van der Waals surface area contributed by atoms with Gasteiger partial charge < -0.3 is 0 Å². The molecule has 3 rings (SSSR count). The summed E-state index contributed by atoms with van der Waals surface area (Å²) in [7, 11) is 0. The summed E-state index contributed by atoms with van der Waals surface area (Å²) in [6.07, 6.45) is 14.4. The van der Waals surface area contributed by atoms with Crippen LogP contribution in [0.3, 0.4) is 0 Å². The molecule has 0 bridgehead atoms. The summed E-state index contributed by atoms with van der Waals surface area (Å²) in [4.78, 5) is 0. The fourth-order valence-corrected chi connectivity index (χ4v) is 5.30. The lowest BCUT2D eigenvalue weighted by molar-refractivity contribution is -0.0745. The lowest BCUT2D eigenvalue weighted by Gasteiger charge is -2.36. The Kier molecular flexibility index (Phi) is 7.81. The quantitative estimate of drug-likeness (QED) is 0.318. The maximum atomic E-state index is 14.8. The van der Waals surface area contributed by atoms with Gasteiger partial charge in [-0.05, 0) is 68.8 Å². The van der Waals surface area contributed by atoms with E-state index in [2.05, 4.69) is 12.2 Å². The van der Waals surface area contributed by atoms with E-state index in [0.717, 1.165) is 38.5 Å². The Bertz CT molecular complexity index is 757. The van der Waals surface area contributed by atoms with Crippen LogP contribution in [0.5, 0.6) is 0 Å². The Morgan fingerprint density at radius 1 is 0.933 bits per heavy atom. The van der Waals surface area contributed by atoms with E-state index in [-0.39, 0.29) is 29.9 Å². The molecule has 2 fully saturated rings. The van der Waals surface area contributed by atoms with Crippen LogP contribution in [0.4, 0.5) is 17.6 Å². The normalized spacial score (nSPS) is 29.7. The molecule has 2 atom stereocenters. The van der Waals surface area contributed by atoms with Crippen molar-refractivity contribution >= 4 is 6.08 Å². The molecule has 2 saturated carbocycles. The molecule has 0 aliphatic heterocycles. The Morgan fingerprint density at radius 2 is 1.60 bits per heavy atom. The molecule has 0 amide bonds. The minimum absolute atomic E-state index is 0.0285. The van der Waals surface area contributed by atoms with Gasteiger partial charge in [-0.3, -0.25) is 0 Å². The van der Waals surface area contributed by atoms with E-state index >= 15 is 0 Å². The fraction of sp³-hybridized carbons (Fsp3) is 0.615. The minimum Gasteiger partial charge on any atom is -0.206 e. The standard InChI is InChI=1S/C26H34F4/c1-3-5-18-7-9-19(10-8-18)11-13-21-14-15-22(25(28)24(21)27)23-16-12-20(6-4-2)17-26(23,29)30/h3,5,11,13-15,18-20,23H,4,6-10,12,16-17H2,1-2H3/b5-3+,13-11+. The molecule has 2 aliphatic carbocycles. The molecule has 0 radical (unpaired) electrons. The van der Waals surface area contributed by atoms with E-state index in [1.54, 1.807) is 6.08 Å². The molecular formula is C26H34F4. The maximum Gasteiger partial charge on any atom is 0.255 e. The van der Waals surface area contributed by atoms with Gasteiger partial charge in [-0.2, -0.15) is 0 Å². The highest BCUT2D eigenvalue weighted by Gasteiger charge is 2.46. The first kappa shape index (κ1) is 23.1. The van der Waals surface area contributed by atoms with Crippen molar-refractivity contribution in [2.75, 3.05) is 0 Å². The lowest BCUT2D eigenvalue weighted by Crippen LogP contribution is -2.34. The minimum atomic E-state index is -2.99. The molecule has 0 N–H and O–H groups in total. The van der Waals surface area contributed by atoms with E-state index in [9.17, 15) is 17.6 Å². The Labute approximate surface area is 178 Å². The van der Waals surface area contributed by atoms with Crippen LogP contribution in [-0.4, -0.2) is 5.92 Å². The third-order valence-electron chi connectivity index (χ3n) is 6.98. The molecule has 30 heavy (non-hydrogen) atoms. The molecular weight excluding hydrogens is 388 g/mol. The van der Waals surface area contributed by atoms with Crippen LogP contribution in [0.25, 0.3) is 6.08 Å². The van der Waals surface area contributed by atoms with Gasteiger partial charge in [0.1, 0.15) is 0 Å². The number of hydrogen-bond donors (Lipinski definition) is 0. The number of rotatable bonds is 6. The molecule has 0 nitrogen and oxygen atoms in total. The smallest absolute Gasteiger partial charge is 0.206 e. The largest absolute Gasteiger partial charge is 0.255 e. The average Bonchev–Trinajstić information content (AvgIpc) is 2.71. The molecule has 4 heteroatoms. The zero-order valence-electron chi connectivity index (χ0n) is 18.1. The molecule has 0 saturated heterocycles. The molecule has 166 valence electrons. The highest BCUT2D eigenvalue weighted by atomic mass is 19.3. The predicted molar refractivity (Wildman–Crippen MR) is 116 cm³/mol. The molecule has 1 aromatic rings. The van der Waals surface area contributed by atoms with Crippen molar-refractivity contribution in [2.24, 2.45) is 17.8 Å². The highest BCUT2D eigenvalue weighted by molar-refractivity contribution is 5.52. The Balaban J connectivity index is 1.70. The number of benzene rings is 1. The van der Waals surface area contributed by atoms with Gasteiger partial charge in [0.15, 0.2) is 11.6 Å². The van der Waals surface area contributed by atoms with Gasteiger partial charge in [0.2, 0.25) is 0 Å². The predicted octanol–water partition coefficient (Wildman–Crippen LogP) is 8.68. The summed E-state index contributed by atoms with van der Waals surface area (Å²) in [5, 5.41) is 0. The van der Waals surface area contributed by atoms with E-state index < -0.39 is 23.5 Å². The van der Waals surface area contributed by atoms with Crippen molar-refractivity contribution in [1.29, 1.82) is 0 Å². The second-order valence-electron chi connectivity index (χ2n) is 9.18. The third kappa shape index (κ3) is 5.36. The summed E-state index contributed by atoms with van der Waals surface area (Å²) in [6, 6.07) is 2.84. The zero-order valence-corrected chi connectivity index (χ0v) is 18.1. The lowest BCUT2D eigenvalue weighted by atomic mass is 9.74. The van der Waals surface area contributed by atoms with E-state index in [1.165, 1.54) is 12.1 Å². The van der Waals surface area contributed by atoms with Crippen molar-refractivity contribution < 1.29 is 17.6 Å². The molecule has 0 heterocycles. The van der Waals surface area contributed by atoms with Crippen molar-refractivity contribution in [3.63, 3.8) is 0 Å². The number of hydrogen-bond acceptors (Lipinski definition) is 0. The van der Waals surface area contributed by atoms with Crippen LogP contribution in [0.2, 0.25) is 0 Å². The first-order chi connectivity index (χ1) is 14.4. The van der Waals surface area contributed by atoms with Crippen molar-refractivity contribution in [3.8, 4) is 0 Å². The summed E-state index contributed by atoms with van der Waals surface area (Å²) >= 11 is 0. The maximum absolute atomic E-state index is 14.8. The van der Waals surface area contributed by atoms with Gasteiger partial charge in [-0.1, -0.05) is 56.2 Å². The third-order valence-corrected chi connectivity index (χ3v) is 6.98. The molecule has 2 aliphatic rings. The van der Waals surface area contributed by atoms with Crippen LogP contribution < -0.4 is 0 Å². The van der Waals surface area contributed by atoms with Gasteiger partial charge in [0.25, 0.3) is 5.92 Å². The first-order valence-corrected chi connectivity index (χ1v) is 11.5. The van der Waals surface area contributed by atoms with Gasteiger partial charge in [-0.15, -0.1) is 0 Å². The molecule has 0 spiro atoms. The first-order valence-electron chi connectivity index (χ1n) is 11.5. The number of halogens is 4. The molecule has 1 aromatic carbocycles. The van der Waals surface area contributed by atoms with Crippen molar-refractivity contribution in [2.45, 2.75) is 83.5 Å². The van der Waals surface area contributed by atoms with E-state index in [0.29, 0.717) is 18.3 Å². The molecule has 0 aromatic heterocycles. The topological polar surface area (TPSA) is 0 Å². The van der Waals surface area contributed by atoms with Gasteiger partial charge in [0, 0.05) is 12.0 Å². The van der Waals surface area contributed by atoms with Crippen LogP contribution in [-0.2, 0) is 0 Å². The zero-order chi connectivity index (χ0) is 21.7. The van der Waals surface area contributed by atoms with Crippen molar-refractivity contribution in [3.05, 3.63) is 53.1 Å². The van der Waals surface area contributed by atoms with E-state index in [1.807, 2.05) is 19.9 Å². The Morgan fingerprint density at radius 3 is 2.20 bits per heavy atom.